The molecular formula is C30H36FN3O3. The Morgan fingerprint density at radius 1 is 1.03 bits per heavy atom. The Hall–Kier alpha value is -3.35. The number of hydrogen-bond donors (Lipinski definition) is 1. The largest absolute Gasteiger partial charge is 0.512 e. The van der Waals surface area contributed by atoms with E-state index in [0.29, 0.717) is 49.5 Å². The minimum Gasteiger partial charge on any atom is -0.512 e. The summed E-state index contributed by atoms with van der Waals surface area (Å²) in [5, 5.41) is 10.7. The molecule has 1 saturated heterocycles. The molecule has 3 fully saturated rings. The molecule has 3 amide bonds. The second-order valence-electron chi connectivity index (χ2n) is 11.0. The molecular weight excluding hydrogens is 469 g/mol. The number of carbonyl (C=O) groups is 2. The number of para-hydroxylation sites is 2. The summed E-state index contributed by atoms with van der Waals surface area (Å²) in [6.45, 7) is 4.69. The van der Waals surface area contributed by atoms with Gasteiger partial charge in [0.15, 0.2) is 0 Å². The van der Waals surface area contributed by atoms with Crippen LogP contribution in [0.25, 0.3) is 0 Å². The average molecular weight is 506 g/mol. The predicted octanol–water partition coefficient (Wildman–Crippen LogP) is 6.27. The molecule has 1 N–H and O–H groups in total. The van der Waals surface area contributed by atoms with E-state index in [9.17, 15) is 19.1 Å². The van der Waals surface area contributed by atoms with Crippen LogP contribution in [0.5, 0.6) is 0 Å². The van der Waals surface area contributed by atoms with Gasteiger partial charge in [-0.15, -0.1) is 0 Å². The Balaban J connectivity index is 1.32. The molecule has 6 nitrogen and oxygen atoms in total. The van der Waals surface area contributed by atoms with E-state index in [1.54, 1.807) is 42.5 Å². The standard InChI is InChI=1S/C30H36FN3O3/c1-21(35)30(16-18-33(19-17-30)29(37)32(2)28(22-12-13-22)23-14-15-23)20-27(36)34(24-8-4-3-5-9-24)26-11-7-6-10-25(26)31/h3-11,22-23,28,35H,1,12-20H2,2H3. The second-order valence-corrected chi connectivity index (χ2v) is 11.0. The van der Waals surface area contributed by atoms with Gasteiger partial charge in [-0.25, -0.2) is 9.18 Å². The Bertz CT molecular complexity index is 1140. The smallest absolute Gasteiger partial charge is 0.320 e. The molecule has 0 bridgehead atoms. The van der Waals surface area contributed by atoms with Crippen LogP contribution in [0.15, 0.2) is 66.9 Å². The van der Waals surface area contributed by atoms with E-state index in [2.05, 4.69) is 6.58 Å². The van der Waals surface area contributed by atoms with Crippen molar-refractivity contribution in [1.82, 2.24) is 9.80 Å². The van der Waals surface area contributed by atoms with Crippen molar-refractivity contribution in [2.45, 2.75) is 51.0 Å². The third-order valence-corrected chi connectivity index (χ3v) is 8.41. The topological polar surface area (TPSA) is 64.1 Å². The van der Waals surface area contributed by atoms with E-state index in [1.165, 1.54) is 36.6 Å². The van der Waals surface area contributed by atoms with Crippen LogP contribution in [0, 0.1) is 23.1 Å². The maximum Gasteiger partial charge on any atom is 0.320 e. The lowest BCUT2D eigenvalue weighted by atomic mass is 9.74. The molecule has 2 aliphatic carbocycles. The van der Waals surface area contributed by atoms with Crippen LogP contribution in [0.2, 0.25) is 0 Å². The summed E-state index contributed by atoms with van der Waals surface area (Å²) in [7, 11) is 1.92. The number of halogens is 1. The van der Waals surface area contributed by atoms with Gasteiger partial charge in [-0.2, -0.15) is 0 Å². The van der Waals surface area contributed by atoms with Crippen molar-refractivity contribution in [3.8, 4) is 0 Å². The third-order valence-electron chi connectivity index (χ3n) is 8.41. The molecule has 0 spiro atoms. The van der Waals surface area contributed by atoms with Crippen LogP contribution in [0.1, 0.15) is 44.9 Å². The highest BCUT2D eigenvalue weighted by molar-refractivity contribution is 6.01. The highest BCUT2D eigenvalue weighted by atomic mass is 19.1. The van der Waals surface area contributed by atoms with Crippen LogP contribution in [0.4, 0.5) is 20.6 Å². The van der Waals surface area contributed by atoms with E-state index in [4.69, 9.17) is 0 Å². The van der Waals surface area contributed by atoms with Crippen LogP contribution in [-0.2, 0) is 4.79 Å². The number of piperidine rings is 1. The molecule has 2 aromatic carbocycles. The summed E-state index contributed by atoms with van der Waals surface area (Å²) in [6.07, 6.45) is 5.62. The second kappa shape index (κ2) is 10.2. The minimum absolute atomic E-state index is 0.0315. The monoisotopic (exact) mass is 505 g/mol. The SMILES string of the molecule is C=C(O)C1(CC(=O)N(c2ccccc2)c2ccccc2F)CCN(C(=O)N(C)C(C2CC2)C2CC2)CC1. The van der Waals surface area contributed by atoms with Gasteiger partial charge in [0.05, 0.1) is 11.4 Å². The molecule has 37 heavy (non-hydrogen) atoms. The summed E-state index contributed by atoms with van der Waals surface area (Å²) in [4.78, 5) is 32.3. The molecule has 2 aromatic rings. The van der Waals surface area contributed by atoms with Gasteiger partial charge in [0.2, 0.25) is 5.91 Å². The lowest BCUT2D eigenvalue weighted by Crippen LogP contribution is -2.52. The van der Waals surface area contributed by atoms with Gasteiger partial charge in [-0.3, -0.25) is 9.69 Å². The van der Waals surface area contributed by atoms with E-state index >= 15 is 0 Å². The first-order valence-corrected chi connectivity index (χ1v) is 13.3. The lowest BCUT2D eigenvalue weighted by molar-refractivity contribution is -0.120. The number of anilines is 2. The molecule has 5 rings (SSSR count). The number of allylic oxidation sites excluding steroid dienone is 1. The fourth-order valence-electron chi connectivity index (χ4n) is 5.93. The quantitative estimate of drug-likeness (QED) is 0.430. The number of aliphatic hydroxyl groups is 1. The van der Waals surface area contributed by atoms with Crippen LogP contribution < -0.4 is 4.90 Å². The maximum absolute atomic E-state index is 14.8. The summed E-state index contributed by atoms with van der Waals surface area (Å²) in [5.74, 6) is 0.369. The highest BCUT2D eigenvalue weighted by Gasteiger charge is 2.47. The van der Waals surface area contributed by atoms with Crippen molar-refractivity contribution in [3.63, 3.8) is 0 Å². The maximum atomic E-state index is 14.8. The molecule has 1 aliphatic heterocycles. The number of hydrogen-bond acceptors (Lipinski definition) is 3. The van der Waals surface area contributed by atoms with Crippen molar-refractivity contribution in [3.05, 3.63) is 72.8 Å². The van der Waals surface area contributed by atoms with Gasteiger partial charge < -0.3 is 14.9 Å². The molecule has 0 unspecified atom stereocenters. The molecule has 2 saturated carbocycles. The molecule has 1 heterocycles. The molecule has 0 atom stereocenters. The fourth-order valence-corrected chi connectivity index (χ4v) is 5.93. The van der Waals surface area contributed by atoms with Crippen molar-refractivity contribution < 1.29 is 19.1 Å². The molecule has 3 aliphatic rings. The van der Waals surface area contributed by atoms with Gasteiger partial charge in [0.1, 0.15) is 5.82 Å². The van der Waals surface area contributed by atoms with E-state index in [0.717, 1.165) is 0 Å². The summed E-state index contributed by atoms with van der Waals surface area (Å²) in [5.41, 5.74) is -0.161. The Morgan fingerprint density at radius 2 is 1.59 bits per heavy atom. The number of nitrogens with zero attached hydrogens (tertiary/aromatic N) is 3. The predicted molar refractivity (Wildman–Crippen MR) is 142 cm³/mol. The number of amides is 3. The summed E-state index contributed by atoms with van der Waals surface area (Å²) >= 11 is 0. The summed E-state index contributed by atoms with van der Waals surface area (Å²) < 4.78 is 14.8. The first-order chi connectivity index (χ1) is 17.8. The highest BCUT2D eigenvalue weighted by Crippen LogP contribution is 2.47. The minimum atomic E-state index is -0.878. The zero-order chi connectivity index (χ0) is 26.2. The van der Waals surface area contributed by atoms with E-state index in [-0.39, 0.29) is 29.8 Å². The van der Waals surface area contributed by atoms with Crippen molar-refractivity contribution in [2.75, 3.05) is 25.0 Å². The number of urea groups is 1. The van der Waals surface area contributed by atoms with Crippen molar-refractivity contribution in [2.24, 2.45) is 17.3 Å². The molecule has 196 valence electrons. The zero-order valence-electron chi connectivity index (χ0n) is 21.5. The van der Waals surface area contributed by atoms with Crippen LogP contribution in [-0.4, -0.2) is 53.0 Å². The average Bonchev–Trinajstić information content (AvgIpc) is 3.82. The first kappa shape index (κ1) is 25.3. The van der Waals surface area contributed by atoms with Crippen LogP contribution >= 0.6 is 0 Å². The molecule has 7 heteroatoms. The van der Waals surface area contributed by atoms with Gasteiger partial charge in [-0.05, 0) is 74.6 Å². The Kier molecular flexibility index (Phi) is 6.97. The number of aliphatic hydroxyl groups excluding tert-OH is 1. The third kappa shape index (κ3) is 5.22. The lowest BCUT2D eigenvalue weighted by Gasteiger charge is -2.43. The van der Waals surface area contributed by atoms with Gasteiger partial charge in [-0.1, -0.05) is 36.9 Å². The van der Waals surface area contributed by atoms with E-state index in [1.807, 2.05) is 22.9 Å². The van der Waals surface area contributed by atoms with E-state index < -0.39 is 11.2 Å². The van der Waals surface area contributed by atoms with Gasteiger partial charge >= 0.3 is 6.03 Å². The Labute approximate surface area is 218 Å². The van der Waals surface area contributed by atoms with Crippen molar-refractivity contribution >= 4 is 23.3 Å². The number of benzene rings is 2. The summed E-state index contributed by atoms with van der Waals surface area (Å²) in [6, 6.07) is 15.5. The fraction of sp³-hybridized carbons (Fsp3) is 0.467. The van der Waals surface area contributed by atoms with Crippen molar-refractivity contribution in [1.29, 1.82) is 0 Å². The number of rotatable bonds is 8. The number of likely N-dealkylation sites (tertiary alicyclic amines) is 1. The molecule has 0 aromatic heterocycles. The number of carbonyl (C=O) groups excluding carboxylic acids is 2. The zero-order valence-corrected chi connectivity index (χ0v) is 21.5. The van der Waals surface area contributed by atoms with Crippen LogP contribution in [0.3, 0.4) is 0 Å². The normalized spacial score (nSPS) is 18.9. The van der Waals surface area contributed by atoms with Gasteiger partial charge in [0.25, 0.3) is 0 Å². The Morgan fingerprint density at radius 3 is 2.14 bits per heavy atom. The van der Waals surface area contributed by atoms with Gasteiger partial charge in [0, 0.05) is 43.7 Å². The first-order valence-electron chi connectivity index (χ1n) is 13.3. The molecule has 0 radical (unpaired) electrons.